The number of hydrogen-bond acceptors (Lipinski definition) is 1. The summed E-state index contributed by atoms with van der Waals surface area (Å²) < 4.78 is 0. The third kappa shape index (κ3) is 2.81. The lowest BCUT2D eigenvalue weighted by Crippen LogP contribution is -1.88. The maximum Gasteiger partial charge on any atom is 0.382 e. The van der Waals surface area contributed by atoms with Crippen molar-refractivity contribution in [2.24, 2.45) is 0 Å². The normalized spacial score (nSPS) is 8.77. The molecule has 0 amide bonds. The number of hydrogen-bond donors (Lipinski definition) is 1. The van der Waals surface area contributed by atoms with Gasteiger partial charge in [0, 0.05) is 11.5 Å². The van der Waals surface area contributed by atoms with E-state index in [1.807, 2.05) is 18.9 Å². The van der Waals surface area contributed by atoms with Gasteiger partial charge in [-0.05, 0) is 24.6 Å². The topological polar surface area (TPSA) is 37.3 Å². The highest BCUT2D eigenvalue weighted by molar-refractivity contribution is 6.31. The Balaban J connectivity index is 3.09. The fraction of sp³-hybridized carbons (Fsp3) is 0.100. The second-order valence-electron chi connectivity index (χ2n) is 2.54. The molecule has 0 saturated heterocycles. The molecule has 3 heteroatoms. The van der Waals surface area contributed by atoms with Crippen LogP contribution in [0.5, 0.6) is 0 Å². The second kappa shape index (κ2) is 3.97. The number of halogens is 1. The smallest absolute Gasteiger partial charge is 0.382 e. The van der Waals surface area contributed by atoms with Gasteiger partial charge in [0.05, 0.1) is 5.02 Å². The molecule has 0 aliphatic heterocycles. The van der Waals surface area contributed by atoms with Crippen molar-refractivity contribution in [1.82, 2.24) is 0 Å². The molecule has 0 aliphatic rings. The summed E-state index contributed by atoms with van der Waals surface area (Å²) in [4.78, 5) is 10.2. The van der Waals surface area contributed by atoms with E-state index in [1.165, 1.54) is 0 Å². The maximum atomic E-state index is 10.2. The van der Waals surface area contributed by atoms with E-state index in [0.717, 1.165) is 5.56 Å². The molecular weight excluding hydrogens is 188 g/mol. The summed E-state index contributed by atoms with van der Waals surface area (Å²) in [5.41, 5.74) is 1.54. The Bertz CT molecular complexity index is 399. The van der Waals surface area contributed by atoms with Gasteiger partial charge in [0.1, 0.15) is 0 Å². The number of carboxylic acids is 1. The van der Waals surface area contributed by atoms with Gasteiger partial charge in [-0.2, -0.15) is 0 Å². The Morgan fingerprint density at radius 1 is 1.54 bits per heavy atom. The van der Waals surface area contributed by atoms with Crippen molar-refractivity contribution in [1.29, 1.82) is 0 Å². The van der Waals surface area contributed by atoms with Gasteiger partial charge in [0.15, 0.2) is 0 Å². The first kappa shape index (κ1) is 9.63. The van der Waals surface area contributed by atoms with Gasteiger partial charge in [0.25, 0.3) is 0 Å². The Kier molecular flexibility index (Phi) is 2.94. The molecule has 1 rings (SSSR count). The van der Waals surface area contributed by atoms with Crippen molar-refractivity contribution in [3.05, 3.63) is 34.3 Å². The van der Waals surface area contributed by atoms with E-state index in [9.17, 15) is 4.79 Å². The molecule has 1 aromatic rings. The molecule has 0 unspecified atom stereocenters. The van der Waals surface area contributed by atoms with Crippen LogP contribution in [0.3, 0.4) is 0 Å². The van der Waals surface area contributed by atoms with Crippen molar-refractivity contribution >= 4 is 17.6 Å². The van der Waals surface area contributed by atoms with Crippen LogP contribution in [0.2, 0.25) is 5.02 Å². The summed E-state index contributed by atoms with van der Waals surface area (Å²) >= 11 is 5.78. The molecule has 0 aliphatic carbocycles. The van der Waals surface area contributed by atoms with Crippen molar-refractivity contribution in [2.75, 3.05) is 0 Å². The number of carbonyl (C=O) groups is 1. The van der Waals surface area contributed by atoms with E-state index < -0.39 is 5.97 Å². The Labute approximate surface area is 81.1 Å². The van der Waals surface area contributed by atoms with Crippen LogP contribution >= 0.6 is 11.6 Å². The van der Waals surface area contributed by atoms with E-state index in [0.29, 0.717) is 10.6 Å². The maximum absolute atomic E-state index is 10.2. The highest BCUT2D eigenvalue weighted by atomic mass is 35.5. The van der Waals surface area contributed by atoms with Crippen molar-refractivity contribution < 1.29 is 9.90 Å². The predicted molar refractivity (Wildman–Crippen MR) is 50.7 cm³/mol. The summed E-state index contributed by atoms with van der Waals surface area (Å²) in [7, 11) is 0. The van der Waals surface area contributed by atoms with Gasteiger partial charge in [-0.25, -0.2) is 4.79 Å². The van der Waals surface area contributed by atoms with Gasteiger partial charge < -0.3 is 5.11 Å². The highest BCUT2D eigenvalue weighted by Crippen LogP contribution is 2.15. The lowest BCUT2D eigenvalue weighted by atomic mass is 10.1. The van der Waals surface area contributed by atoms with Crippen LogP contribution in [0, 0.1) is 18.8 Å². The molecular formula is C10H7ClO2. The summed E-state index contributed by atoms with van der Waals surface area (Å²) in [6.45, 7) is 1.89. The lowest BCUT2D eigenvalue weighted by molar-refractivity contribution is -0.130. The molecule has 0 bridgehead atoms. The van der Waals surface area contributed by atoms with E-state index in [4.69, 9.17) is 16.7 Å². The molecule has 0 saturated carbocycles. The molecule has 0 fully saturated rings. The molecule has 0 atom stereocenters. The number of benzene rings is 1. The Morgan fingerprint density at radius 3 is 2.85 bits per heavy atom. The summed E-state index contributed by atoms with van der Waals surface area (Å²) in [5, 5.41) is 8.79. The fourth-order valence-corrected chi connectivity index (χ4v) is 1.02. The first-order valence-electron chi connectivity index (χ1n) is 3.60. The van der Waals surface area contributed by atoms with Crippen molar-refractivity contribution in [3.8, 4) is 11.8 Å². The first-order valence-corrected chi connectivity index (χ1v) is 3.98. The van der Waals surface area contributed by atoms with E-state index in [2.05, 4.69) is 5.92 Å². The van der Waals surface area contributed by atoms with Gasteiger partial charge in [-0.1, -0.05) is 23.6 Å². The number of aryl methyl sites for hydroxylation is 1. The van der Waals surface area contributed by atoms with E-state index >= 15 is 0 Å². The van der Waals surface area contributed by atoms with Gasteiger partial charge in [0.2, 0.25) is 0 Å². The third-order valence-electron chi connectivity index (χ3n) is 1.43. The van der Waals surface area contributed by atoms with Gasteiger partial charge >= 0.3 is 5.97 Å². The van der Waals surface area contributed by atoms with Crippen LogP contribution in [0.1, 0.15) is 11.1 Å². The van der Waals surface area contributed by atoms with Crippen LogP contribution < -0.4 is 0 Å². The van der Waals surface area contributed by atoms with Crippen LogP contribution in [0.4, 0.5) is 0 Å². The van der Waals surface area contributed by atoms with Crippen LogP contribution in [-0.2, 0) is 4.79 Å². The van der Waals surface area contributed by atoms with E-state index in [-0.39, 0.29) is 0 Å². The molecule has 2 nitrogen and oxygen atoms in total. The lowest BCUT2D eigenvalue weighted by Gasteiger charge is -1.96. The summed E-state index contributed by atoms with van der Waals surface area (Å²) in [5.74, 6) is 3.33. The zero-order chi connectivity index (χ0) is 9.84. The second-order valence-corrected chi connectivity index (χ2v) is 2.95. The number of rotatable bonds is 0. The summed E-state index contributed by atoms with van der Waals surface area (Å²) in [6, 6.07) is 5.29. The molecule has 0 aromatic heterocycles. The first-order chi connectivity index (χ1) is 6.09. The molecule has 1 aromatic carbocycles. The standard InChI is InChI=1S/C10H7ClO2/c1-7-2-4-9(11)8(6-7)3-5-10(12)13/h2,4,6H,1H3,(H,12,13). The van der Waals surface area contributed by atoms with Crippen molar-refractivity contribution in [2.45, 2.75) is 6.92 Å². The van der Waals surface area contributed by atoms with Gasteiger partial charge in [-0.15, -0.1) is 0 Å². The molecule has 0 radical (unpaired) electrons. The SMILES string of the molecule is Cc1ccc(Cl)c(C#CC(=O)O)c1. The molecule has 1 N–H and O–H groups in total. The fourth-order valence-electron chi connectivity index (χ4n) is 0.856. The zero-order valence-electron chi connectivity index (χ0n) is 6.97. The van der Waals surface area contributed by atoms with Crippen LogP contribution in [0.25, 0.3) is 0 Å². The quantitative estimate of drug-likeness (QED) is 0.642. The van der Waals surface area contributed by atoms with Crippen LogP contribution in [0.15, 0.2) is 18.2 Å². The Hall–Kier alpha value is -1.46. The highest BCUT2D eigenvalue weighted by Gasteiger charge is 1.96. The minimum atomic E-state index is -1.16. The van der Waals surface area contributed by atoms with Crippen molar-refractivity contribution in [3.63, 3.8) is 0 Å². The Morgan fingerprint density at radius 2 is 2.23 bits per heavy atom. The molecule has 66 valence electrons. The molecule has 0 heterocycles. The summed E-state index contributed by atoms with van der Waals surface area (Å²) in [6.07, 6.45) is 0. The zero-order valence-corrected chi connectivity index (χ0v) is 7.72. The third-order valence-corrected chi connectivity index (χ3v) is 1.76. The predicted octanol–water partition coefficient (Wildman–Crippen LogP) is 2.08. The molecule has 13 heavy (non-hydrogen) atoms. The monoisotopic (exact) mass is 194 g/mol. The van der Waals surface area contributed by atoms with Gasteiger partial charge in [-0.3, -0.25) is 0 Å². The minimum absolute atomic E-state index is 0.472. The largest absolute Gasteiger partial charge is 0.472 e. The average molecular weight is 195 g/mol. The number of aliphatic carboxylic acids is 1. The minimum Gasteiger partial charge on any atom is -0.472 e. The number of carboxylic acid groups (broad SMARTS) is 1. The molecule has 0 spiro atoms. The average Bonchev–Trinajstić information content (AvgIpc) is 2.06. The van der Waals surface area contributed by atoms with Crippen LogP contribution in [-0.4, -0.2) is 11.1 Å². The van der Waals surface area contributed by atoms with E-state index in [1.54, 1.807) is 12.1 Å².